The van der Waals surface area contributed by atoms with Crippen LogP contribution in [0.2, 0.25) is 0 Å². The van der Waals surface area contributed by atoms with Gasteiger partial charge in [-0.3, -0.25) is 4.90 Å². The maximum Gasteiger partial charge on any atom is 0.0639 e. The zero-order chi connectivity index (χ0) is 14.0. The highest BCUT2D eigenvalue weighted by molar-refractivity contribution is 5.84. The average Bonchev–Trinajstić information content (AvgIpc) is 2.70. The summed E-state index contributed by atoms with van der Waals surface area (Å²) in [5.74, 6) is 0. The van der Waals surface area contributed by atoms with Crippen LogP contribution >= 0.6 is 0 Å². The minimum absolute atomic E-state index is 0.284. The van der Waals surface area contributed by atoms with Crippen LogP contribution in [0.4, 0.5) is 0 Å². The number of aromatic nitrogens is 1. The number of nitrogens with one attached hydrogen (secondary N) is 1. The zero-order valence-electron chi connectivity index (χ0n) is 12.3. The number of aromatic amines is 1. The molecule has 0 aliphatic carbocycles. The lowest BCUT2D eigenvalue weighted by Crippen LogP contribution is -2.30. The van der Waals surface area contributed by atoms with Crippen molar-refractivity contribution in [2.75, 3.05) is 13.1 Å². The molecule has 1 aromatic heterocycles. The molecule has 0 spiro atoms. The van der Waals surface area contributed by atoms with Gasteiger partial charge in [0, 0.05) is 29.7 Å². The molecule has 0 amide bonds. The molecule has 2 aromatic rings. The minimum Gasteiger partial charge on any atom is -0.392 e. The molecule has 3 heteroatoms. The average molecular weight is 260 g/mol. The van der Waals surface area contributed by atoms with Crippen LogP contribution in [-0.4, -0.2) is 34.2 Å². The Labute approximate surface area is 115 Å². The summed E-state index contributed by atoms with van der Waals surface area (Å²) in [4.78, 5) is 5.74. The van der Waals surface area contributed by atoms with Gasteiger partial charge in [-0.05, 0) is 50.6 Å². The highest BCUT2D eigenvalue weighted by atomic mass is 16.3. The fourth-order valence-corrected chi connectivity index (χ4v) is 2.66. The van der Waals surface area contributed by atoms with Crippen LogP contribution in [-0.2, 0) is 6.54 Å². The number of aliphatic hydroxyl groups is 1. The number of H-pyrrole nitrogens is 1. The second kappa shape index (κ2) is 5.76. The van der Waals surface area contributed by atoms with Crippen molar-refractivity contribution >= 4 is 10.9 Å². The quantitative estimate of drug-likeness (QED) is 0.867. The van der Waals surface area contributed by atoms with Gasteiger partial charge in [0.1, 0.15) is 0 Å². The van der Waals surface area contributed by atoms with Crippen LogP contribution in [0.3, 0.4) is 0 Å². The standard InChI is InChI=1S/C16H24N2O/c1-5-18(9-13(4)19)10-14-8-15-12(3)6-11(2)7-16(15)17-14/h6-8,13,17,19H,5,9-10H2,1-4H3/t13-/m0/s1. The third-order valence-electron chi connectivity index (χ3n) is 3.51. The Bertz CT molecular complexity index is 557. The molecule has 2 N–H and O–H groups in total. The summed E-state index contributed by atoms with van der Waals surface area (Å²) < 4.78 is 0. The van der Waals surface area contributed by atoms with Crippen LogP contribution in [0, 0.1) is 13.8 Å². The van der Waals surface area contributed by atoms with Crippen molar-refractivity contribution in [2.24, 2.45) is 0 Å². The molecule has 0 bridgehead atoms. The third kappa shape index (κ3) is 3.37. The number of benzene rings is 1. The lowest BCUT2D eigenvalue weighted by Gasteiger charge is -2.21. The van der Waals surface area contributed by atoms with E-state index in [0.717, 1.165) is 13.1 Å². The van der Waals surface area contributed by atoms with Gasteiger partial charge in [-0.2, -0.15) is 0 Å². The molecule has 1 heterocycles. The molecule has 3 nitrogen and oxygen atoms in total. The molecule has 0 aliphatic heterocycles. The molecule has 0 unspecified atom stereocenters. The predicted octanol–water partition coefficient (Wildman–Crippen LogP) is 2.99. The van der Waals surface area contributed by atoms with E-state index in [1.165, 1.54) is 27.7 Å². The van der Waals surface area contributed by atoms with Gasteiger partial charge in [0.25, 0.3) is 0 Å². The normalized spacial score (nSPS) is 13.4. The van der Waals surface area contributed by atoms with Gasteiger partial charge in [-0.25, -0.2) is 0 Å². The van der Waals surface area contributed by atoms with E-state index >= 15 is 0 Å². The van der Waals surface area contributed by atoms with E-state index in [2.05, 4.69) is 48.9 Å². The highest BCUT2D eigenvalue weighted by Crippen LogP contribution is 2.22. The van der Waals surface area contributed by atoms with E-state index in [9.17, 15) is 5.11 Å². The smallest absolute Gasteiger partial charge is 0.0639 e. The van der Waals surface area contributed by atoms with Crippen LogP contribution < -0.4 is 0 Å². The molecule has 0 saturated carbocycles. The Morgan fingerprint density at radius 1 is 1.26 bits per heavy atom. The summed E-state index contributed by atoms with van der Waals surface area (Å²) in [6.45, 7) is 10.7. The van der Waals surface area contributed by atoms with Crippen molar-refractivity contribution in [1.29, 1.82) is 0 Å². The van der Waals surface area contributed by atoms with Crippen molar-refractivity contribution < 1.29 is 5.11 Å². The van der Waals surface area contributed by atoms with Crippen molar-refractivity contribution in [3.05, 3.63) is 35.0 Å². The number of fused-ring (bicyclic) bond motifs is 1. The van der Waals surface area contributed by atoms with E-state index in [-0.39, 0.29) is 6.10 Å². The molecule has 0 radical (unpaired) electrons. The van der Waals surface area contributed by atoms with Crippen LogP contribution in [0.1, 0.15) is 30.7 Å². The van der Waals surface area contributed by atoms with Gasteiger partial charge in [0.05, 0.1) is 6.10 Å². The molecule has 0 fully saturated rings. The summed E-state index contributed by atoms with van der Waals surface area (Å²) in [6, 6.07) is 6.64. The number of hydrogen-bond donors (Lipinski definition) is 2. The first-order valence-corrected chi connectivity index (χ1v) is 6.99. The van der Waals surface area contributed by atoms with Gasteiger partial charge in [0.15, 0.2) is 0 Å². The highest BCUT2D eigenvalue weighted by Gasteiger charge is 2.10. The van der Waals surface area contributed by atoms with Crippen molar-refractivity contribution in [1.82, 2.24) is 9.88 Å². The summed E-state index contributed by atoms with van der Waals surface area (Å²) in [5.41, 5.74) is 5.03. The third-order valence-corrected chi connectivity index (χ3v) is 3.51. The van der Waals surface area contributed by atoms with E-state index in [0.29, 0.717) is 6.54 Å². The van der Waals surface area contributed by atoms with Crippen molar-refractivity contribution in [3.8, 4) is 0 Å². The summed E-state index contributed by atoms with van der Waals surface area (Å²) >= 11 is 0. The monoisotopic (exact) mass is 260 g/mol. The maximum atomic E-state index is 9.50. The molecular weight excluding hydrogens is 236 g/mol. The Morgan fingerprint density at radius 3 is 2.63 bits per heavy atom. The van der Waals surface area contributed by atoms with Crippen LogP contribution in [0.15, 0.2) is 18.2 Å². The predicted molar refractivity (Wildman–Crippen MR) is 80.4 cm³/mol. The Balaban J connectivity index is 2.23. The summed E-state index contributed by atoms with van der Waals surface area (Å²) in [7, 11) is 0. The Kier molecular flexibility index (Phi) is 4.27. The van der Waals surface area contributed by atoms with Crippen LogP contribution in [0.25, 0.3) is 10.9 Å². The molecule has 1 atom stereocenters. The fourth-order valence-electron chi connectivity index (χ4n) is 2.66. The van der Waals surface area contributed by atoms with E-state index in [4.69, 9.17) is 0 Å². The second-order valence-electron chi connectivity index (χ2n) is 5.51. The van der Waals surface area contributed by atoms with Gasteiger partial charge >= 0.3 is 0 Å². The lowest BCUT2D eigenvalue weighted by molar-refractivity contribution is 0.125. The lowest BCUT2D eigenvalue weighted by atomic mass is 10.1. The molecule has 1 aromatic carbocycles. The number of hydrogen-bond acceptors (Lipinski definition) is 2. The topological polar surface area (TPSA) is 39.3 Å². The molecule has 19 heavy (non-hydrogen) atoms. The van der Waals surface area contributed by atoms with Crippen molar-refractivity contribution in [2.45, 2.75) is 40.3 Å². The first-order chi connectivity index (χ1) is 8.99. The molecule has 104 valence electrons. The Hall–Kier alpha value is -1.32. The SMILES string of the molecule is CCN(Cc1cc2c(C)cc(C)cc2[nH]1)C[C@H](C)O. The minimum atomic E-state index is -0.284. The number of nitrogens with zero attached hydrogens (tertiary/aromatic N) is 1. The molecule has 0 saturated heterocycles. The number of likely N-dealkylation sites (N-methyl/N-ethyl adjacent to an activating group) is 1. The second-order valence-corrected chi connectivity index (χ2v) is 5.51. The molecular formula is C16H24N2O. The number of rotatable bonds is 5. The first kappa shape index (κ1) is 14.1. The number of aryl methyl sites for hydroxylation is 2. The number of aliphatic hydroxyl groups excluding tert-OH is 1. The van der Waals surface area contributed by atoms with Crippen LogP contribution in [0.5, 0.6) is 0 Å². The Morgan fingerprint density at radius 2 is 2.00 bits per heavy atom. The zero-order valence-corrected chi connectivity index (χ0v) is 12.3. The largest absolute Gasteiger partial charge is 0.392 e. The van der Waals surface area contributed by atoms with E-state index < -0.39 is 0 Å². The first-order valence-electron chi connectivity index (χ1n) is 6.99. The van der Waals surface area contributed by atoms with Gasteiger partial charge in [-0.1, -0.05) is 13.0 Å². The maximum absolute atomic E-state index is 9.50. The summed E-state index contributed by atoms with van der Waals surface area (Å²) in [6.07, 6.45) is -0.284. The molecule has 2 rings (SSSR count). The van der Waals surface area contributed by atoms with E-state index in [1.54, 1.807) is 0 Å². The van der Waals surface area contributed by atoms with Gasteiger partial charge < -0.3 is 10.1 Å². The summed E-state index contributed by atoms with van der Waals surface area (Å²) in [5, 5.41) is 10.8. The fraction of sp³-hybridized carbons (Fsp3) is 0.500. The van der Waals surface area contributed by atoms with Gasteiger partial charge in [0.2, 0.25) is 0 Å². The van der Waals surface area contributed by atoms with E-state index in [1.807, 2.05) is 6.92 Å². The van der Waals surface area contributed by atoms with Crippen molar-refractivity contribution in [3.63, 3.8) is 0 Å². The van der Waals surface area contributed by atoms with Gasteiger partial charge in [-0.15, -0.1) is 0 Å². The molecule has 0 aliphatic rings.